The van der Waals surface area contributed by atoms with Gasteiger partial charge in [0, 0.05) is 31.5 Å². The number of rotatable bonds is 4. The molecule has 1 fully saturated rings. The van der Waals surface area contributed by atoms with Gasteiger partial charge in [0.2, 0.25) is 17.7 Å². The van der Waals surface area contributed by atoms with Crippen molar-refractivity contribution in [3.8, 4) is 0 Å². The van der Waals surface area contributed by atoms with Gasteiger partial charge in [-0.2, -0.15) is 13.2 Å². The maximum atomic E-state index is 12.5. The van der Waals surface area contributed by atoms with Crippen LogP contribution >= 0.6 is 0 Å². The van der Waals surface area contributed by atoms with E-state index in [9.17, 15) is 27.6 Å². The number of benzene rings is 1. The summed E-state index contributed by atoms with van der Waals surface area (Å²) in [7, 11) is 0. The molecule has 22 heavy (non-hydrogen) atoms. The predicted octanol–water partition coefficient (Wildman–Crippen LogP) is 2.18. The number of imide groups is 1. The Morgan fingerprint density at radius 2 is 1.82 bits per heavy atom. The fraction of sp³-hybridized carbons (Fsp3) is 0.357. The Morgan fingerprint density at radius 1 is 1.18 bits per heavy atom. The van der Waals surface area contributed by atoms with Crippen LogP contribution < -0.4 is 5.32 Å². The highest BCUT2D eigenvalue weighted by Gasteiger charge is 2.31. The second-order valence-corrected chi connectivity index (χ2v) is 4.82. The Labute approximate surface area is 124 Å². The van der Waals surface area contributed by atoms with Gasteiger partial charge in [-0.1, -0.05) is 6.07 Å². The average molecular weight is 314 g/mol. The highest BCUT2D eigenvalue weighted by atomic mass is 19.4. The number of alkyl halides is 3. The number of likely N-dealkylation sites (tertiary alicyclic amines) is 1. The third-order valence-electron chi connectivity index (χ3n) is 3.19. The first-order valence-corrected chi connectivity index (χ1v) is 6.57. The van der Waals surface area contributed by atoms with Crippen LogP contribution in [0.1, 0.15) is 24.8 Å². The van der Waals surface area contributed by atoms with Gasteiger partial charge in [-0.25, -0.2) is 0 Å². The molecule has 0 spiro atoms. The summed E-state index contributed by atoms with van der Waals surface area (Å²) < 4.78 is 37.6. The summed E-state index contributed by atoms with van der Waals surface area (Å²) in [6, 6.07) is 4.24. The second kappa shape index (κ2) is 6.17. The zero-order valence-electron chi connectivity index (χ0n) is 11.4. The van der Waals surface area contributed by atoms with Gasteiger partial charge in [0.15, 0.2) is 0 Å². The number of nitrogens with one attached hydrogen (secondary N) is 1. The molecule has 8 heteroatoms. The molecule has 1 saturated heterocycles. The molecule has 1 aliphatic rings. The van der Waals surface area contributed by atoms with Crippen LogP contribution in [-0.2, 0) is 20.6 Å². The molecule has 1 aliphatic heterocycles. The third-order valence-corrected chi connectivity index (χ3v) is 3.19. The van der Waals surface area contributed by atoms with Crippen LogP contribution in [0.25, 0.3) is 0 Å². The van der Waals surface area contributed by atoms with Gasteiger partial charge in [-0.05, 0) is 18.2 Å². The Balaban J connectivity index is 1.92. The molecule has 118 valence electrons. The number of amides is 3. The van der Waals surface area contributed by atoms with E-state index in [0.717, 1.165) is 17.0 Å². The zero-order valence-corrected chi connectivity index (χ0v) is 11.4. The van der Waals surface area contributed by atoms with Crippen LogP contribution in [0.15, 0.2) is 24.3 Å². The Bertz CT molecular complexity index is 598. The fourth-order valence-corrected chi connectivity index (χ4v) is 2.08. The molecule has 3 amide bonds. The maximum Gasteiger partial charge on any atom is 0.416 e. The van der Waals surface area contributed by atoms with E-state index in [-0.39, 0.29) is 43.3 Å². The first-order chi connectivity index (χ1) is 10.3. The first kappa shape index (κ1) is 16.0. The Kier molecular flexibility index (Phi) is 4.48. The lowest BCUT2D eigenvalue weighted by Gasteiger charge is -2.14. The Morgan fingerprint density at radius 3 is 2.41 bits per heavy atom. The molecule has 2 rings (SSSR count). The minimum Gasteiger partial charge on any atom is -0.326 e. The summed E-state index contributed by atoms with van der Waals surface area (Å²) >= 11 is 0. The molecule has 1 aromatic rings. The van der Waals surface area contributed by atoms with E-state index in [1.807, 2.05) is 0 Å². The number of carbonyl (C=O) groups excluding carboxylic acids is 3. The van der Waals surface area contributed by atoms with Crippen molar-refractivity contribution in [1.82, 2.24) is 4.90 Å². The van der Waals surface area contributed by atoms with Gasteiger partial charge in [-0.3, -0.25) is 19.3 Å². The quantitative estimate of drug-likeness (QED) is 0.866. The molecule has 0 aromatic heterocycles. The van der Waals surface area contributed by atoms with Crippen LogP contribution in [0.4, 0.5) is 18.9 Å². The SMILES string of the molecule is O=C(CCN1C(=O)CCC1=O)Nc1cccc(C(F)(F)F)c1. The van der Waals surface area contributed by atoms with Crippen LogP contribution in [0.5, 0.6) is 0 Å². The van der Waals surface area contributed by atoms with E-state index in [4.69, 9.17) is 0 Å². The van der Waals surface area contributed by atoms with Crippen molar-refractivity contribution < 1.29 is 27.6 Å². The average Bonchev–Trinajstić information content (AvgIpc) is 2.75. The summed E-state index contributed by atoms with van der Waals surface area (Å²) in [4.78, 5) is 35.4. The number of carbonyl (C=O) groups is 3. The van der Waals surface area contributed by atoms with Crippen LogP contribution in [0.2, 0.25) is 0 Å². The third kappa shape index (κ3) is 3.84. The molecule has 0 radical (unpaired) electrons. The molecule has 0 bridgehead atoms. The van der Waals surface area contributed by atoms with Gasteiger partial charge in [0.05, 0.1) is 5.56 Å². The summed E-state index contributed by atoms with van der Waals surface area (Å²) in [6.45, 7) is -0.0670. The van der Waals surface area contributed by atoms with Crippen molar-refractivity contribution in [2.24, 2.45) is 0 Å². The molecular weight excluding hydrogens is 301 g/mol. The van der Waals surface area contributed by atoms with Crippen molar-refractivity contribution in [2.75, 3.05) is 11.9 Å². The summed E-state index contributed by atoms with van der Waals surface area (Å²) in [5.74, 6) is -1.24. The van der Waals surface area contributed by atoms with Crippen molar-refractivity contribution in [1.29, 1.82) is 0 Å². The van der Waals surface area contributed by atoms with E-state index in [0.29, 0.717) is 0 Å². The lowest BCUT2D eigenvalue weighted by molar-refractivity contribution is -0.139. The van der Waals surface area contributed by atoms with Crippen molar-refractivity contribution in [3.63, 3.8) is 0 Å². The summed E-state index contributed by atoms with van der Waals surface area (Å²) in [5.41, 5.74) is -0.853. The predicted molar refractivity (Wildman–Crippen MR) is 70.6 cm³/mol. The molecule has 5 nitrogen and oxygen atoms in total. The monoisotopic (exact) mass is 314 g/mol. The molecular formula is C14H13F3N2O3. The van der Waals surface area contributed by atoms with E-state index in [1.54, 1.807) is 0 Å². The molecule has 0 unspecified atom stereocenters. The fourth-order valence-electron chi connectivity index (χ4n) is 2.08. The van der Waals surface area contributed by atoms with E-state index in [1.165, 1.54) is 12.1 Å². The number of anilines is 1. The number of nitrogens with zero attached hydrogens (tertiary/aromatic N) is 1. The number of halogens is 3. The minimum atomic E-state index is -4.49. The van der Waals surface area contributed by atoms with Crippen molar-refractivity contribution in [3.05, 3.63) is 29.8 Å². The normalized spacial score (nSPS) is 15.3. The highest BCUT2D eigenvalue weighted by Crippen LogP contribution is 2.30. The smallest absolute Gasteiger partial charge is 0.326 e. The summed E-state index contributed by atoms with van der Waals surface area (Å²) in [6.07, 6.45) is -4.38. The van der Waals surface area contributed by atoms with Gasteiger partial charge in [-0.15, -0.1) is 0 Å². The number of hydrogen-bond donors (Lipinski definition) is 1. The van der Waals surface area contributed by atoms with E-state index >= 15 is 0 Å². The van der Waals surface area contributed by atoms with Crippen molar-refractivity contribution in [2.45, 2.75) is 25.4 Å². The zero-order chi connectivity index (χ0) is 16.3. The standard InChI is InChI=1S/C14H13F3N2O3/c15-14(16,17)9-2-1-3-10(8-9)18-11(20)6-7-19-12(21)4-5-13(19)22/h1-3,8H,4-7H2,(H,18,20). The lowest BCUT2D eigenvalue weighted by atomic mass is 10.2. The minimum absolute atomic E-state index is 0.0129. The molecule has 0 atom stereocenters. The molecule has 0 aliphatic carbocycles. The van der Waals surface area contributed by atoms with E-state index < -0.39 is 17.6 Å². The number of hydrogen-bond acceptors (Lipinski definition) is 3. The Hall–Kier alpha value is -2.38. The van der Waals surface area contributed by atoms with Gasteiger partial charge >= 0.3 is 6.18 Å². The van der Waals surface area contributed by atoms with Crippen molar-refractivity contribution >= 4 is 23.4 Å². The van der Waals surface area contributed by atoms with Gasteiger partial charge in [0.25, 0.3) is 0 Å². The largest absolute Gasteiger partial charge is 0.416 e. The van der Waals surface area contributed by atoms with Crippen LogP contribution in [0.3, 0.4) is 0 Å². The summed E-state index contributed by atoms with van der Waals surface area (Å²) in [5, 5.41) is 2.32. The van der Waals surface area contributed by atoms with Crippen LogP contribution in [0, 0.1) is 0 Å². The van der Waals surface area contributed by atoms with Crippen LogP contribution in [-0.4, -0.2) is 29.2 Å². The first-order valence-electron chi connectivity index (χ1n) is 6.57. The van der Waals surface area contributed by atoms with Gasteiger partial charge in [0.1, 0.15) is 0 Å². The molecule has 0 saturated carbocycles. The van der Waals surface area contributed by atoms with E-state index in [2.05, 4.69) is 5.32 Å². The molecule has 1 heterocycles. The highest BCUT2D eigenvalue weighted by molar-refractivity contribution is 6.02. The lowest BCUT2D eigenvalue weighted by Crippen LogP contribution is -2.32. The second-order valence-electron chi connectivity index (χ2n) is 4.82. The van der Waals surface area contributed by atoms with Gasteiger partial charge < -0.3 is 5.32 Å². The maximum absolute atomic E-state index is 12.5. The molecule has 1 aromatic carbocycles. The topological polar surface area (TPSA) is 66.5 Å². The molecule has 1 N–H and O–H groups in total.